The van der Waals surface area contributed by atoms with Gasteiger partial charge in [-0.3, -0.25) is 4.79 Å². The number of hydrogen-bond acceptors (Lipinski definition) is 3. The minimum absolute atomic E-state index is 0.0672. The van der Waals surface area contributed by atoms with Crippen molar-refractivity contribution in [2.45, 2.75) is 31.8 Å². The molecule has 0 bridgehead atoms. The average Bonchev–Trinajstić information content (AvgIpc) is 2.01. The van der Waals surface area contributed by atoms with Crippen LogP contribution in [0.3, 0.4) is 0 Å². The first-order chi connectivity index (χ1) is 5.68. The highest BCUT2D eigenvalue weighted by Crippen LogP contribution is 2.19. The molecule has 1 aliphatic rings. The summed E-state index contributed by atoms with van der Waals surface area (Å²) in [7, 11) is 0. The van der Waals surface area contributed by atoms with Crippen molar-refractivity contribution < 1.29 is 9.90 Å². The predicted molar refractivity (Wildman–Crippen MR) is 45.6 cm³/mol. The van der Waals surface area contributed by atoms with Crippen LogP contribution < -0.4 is 11.1 Å². The lowest BCUT2D eigenvalue weighted by Gasteiger charge is -2.27. The molecule has 0 spiro atoms. The van der Waals surface area contributed by atoms with Gasteiger partial charge in [0.1, 0.15) is 0 Å². The number of nitrogens with one attached hydrogen (secondary N) is 1. The molecule has 0 aromatic carbocycles. The van der Waals surface area contributed by atoms with Gasteiger partial charge in [-0.15, -0.1) is 0 Å². The average molecular weight is 172 g/mol. The third-order valence-corrected chi connectivity index (χ3v) is 2.31. The van der Waals surface area contributed by atoms with Gasteiger partial charge in [-0.2, -0.15) is 0 Å². The fourth-order valence-corrected chi connectivity index (χ4v) is 1.62. The van der Waals surface area contributed by atoms with Crippen LogP contribution in [0.1, 0.15) is 25.7 Å². The summed E-state index contributed by atoms with van der Waals surface area (Å²) in [5, 5.41) is 11.6. The molecule has 2 unspecified atom stereocenters. The molecule has 1 heterocycles. The summed E-state index contributed by atoms with van der Waals surface area (Å²) in [5.41, 5.74) is 5.67. The van der Waals surface area contributed by atoms with Crippen molar-refractivity contribution in [3.8, 4) is 0 Å². The van der Waals surface area contributed by atoms with Crippen LogP contribution in [0.15, 0.2) is 0 Å². The van der Waals surface area contributed by atoms with Crippen LogP contribution in [0.4, 0.5) is 0 Å². The van der Waals surface area contributed by atoms with E-state index in [0.717, 1.165) is 25.8 Å². The maximum absolute atomic E-state index is 10.3. The zero-order valence-corrected chi connectivity index (χ0v) is 7.12. The van der Waals surface area contributed by atoms with Gasteiger partial charge in [-0.05, 0) is 31.7 Å². The molecule has 1 fully saturated rings. The van der Waals surface area contributed by atoms with Gasteiger partial charge in [0.25, 0.3) is 0 Å². The highest BCUT2D eigenvalue weighted by molar-refractivity contribution is 5.66. The lowest BCUT2D eigenvalue weighted by Crippen LogP contribution is -2.44. The highest BCUT2D eigenvalue weighted by atomic mass is 16.4. The van der Waals surface area contributed by atoms with Gasteiger partial charge in [-0.25, -0.2) is 0 Å². The Morgan fingerprint density at radius 3 is 3.00 bits per heavy atom. The Labute approximate surface area is 72.1 Å². The smallest absolute Gasteiger partial charge is 0.303 e. The van der Waals surface area contributed by atoms with Crippen molar-refractivity contribution in [1.29, 1.82) is 0 Å². The third-order valence-electron chi connectivity index (χ3n) is 2.31. The van der Waals surface area contributed by atoms with E-state index in [2.05, 4.69) is 5.32 Å². The summed E-state index contributed by atoms with van der Waals surface area (Å²) < 4.78 is 0. The molecule has 0 radical (unpaired) electrons. The number of carboxylic acid groups (broad SMARTS) is 1. The van der Waals surface area contributed by atoms with Crippen LogP contribution >= 0.6 is 0 Å². The molecule has 0 aromatic rings. The van der Waals surface area contributed by atoms with Gasteiger partial charge in [0.05, 0.1) is 6.17 Å². The third kappa shape index (κ3) is 3.19. The molecule has 12 heavy (non-hydrogen) atoms. The van der Waals surface area contributed by atoms with Gasteiger partial charge < -0.3 is 16.2 Å². The van der Waals surface area contributed by atoms with Crippen LogP contribution in [0.25, 0.3) is 0 Å². The van der Waals surface area contributed by atoms with Crippen molar-refractivity contribution in [2.24, 2.45) is 11.7 Å². The summed E-state index contributed by atoms with van der Waals surface area (Å²) in [6, 6.07) is 0. The predicted octanol–water partition coefficient (Wildman–Crippen LogP) is 0.136. The van der Waals surface area contributed by atoms with E-state index in [9.17, 15) is 4.79 Å². The molecule has 70 valence electrons. The van der Waals surface area contributed by atoms with Crippen molar-refractivity contribution >= 4 is 5.97 Å². The molecule has 1 aliphatic heterocycles. The Bertz CT molecular complexity index is 161. The van der Waals surface area contributed by atoms with Crippen LogP contribution in [-0.2, 0) is 4.79 Å². The van der Waals surface area contributed by atoms with Crippen molar-refractivity contribution in [1.82, 2.24) is 5.32 Å². The molecule has 0 amide bonds. The van der Waals surface area contributed by atoms with Gasteiger partial charge in [0.2, 0.25) is 0 Å². The molecular weight excluding hydrogens is 156 g/mol. The highest BCUT2D eigenvalue weighted by Gasteiger charge is 2.18. The van der Waals surface area contributed by atoms with Crippen molar-refractivity contribution in [3.63, 3.8) is 0 Å². The van der Waals surface area contributed by atoms with E-state index in [-0.39, 0.29) is 12.6 Å². The molecule has 0 saturated carbocycles. The Morgan fingerprint density at radius 2 is 2.42 bits per heavy atom. The number of carboxylic acids is 1. The summed E-state index contributed by atoms with van der Waals surface area (Å²) in [4.78, 5) is 10.3. The fraction of sp³-hybridized carbons (Fsp3) is 0.875. The minimum Gasteiger partial charge on any atom is -0.481 e. The number of aliphatic carboxylic acids is 1. The minimum atomic E-state index is -0.706. The van der Waals surface area contributed by atoms with Crippen molar-refractivity contribution in [2.75, 3.05) is 6.54 Å². The molecule has 4 nitrogen and oxygen atoms in total. The van der Waals surface area contributed by atoms with Crippen LogP contribution in [0.5, 0.6) is 0 Å². The molecule has 4 heteroatoms. The zero-order chi connectivity index (χ0) is 8.97. The molecule has 1 saturated heterocycles. The molecule has 4 N–H and O–H groups in total. The monoisotopic (exact) mass is 172 g/mol. The molecule has 1 rings (SSSR count). The lowest BCUT2D eigenvalue weighted by molar-refractivity contribution is -0.137. The number of piperidine rings is 1. The number of hydrogen-bond donors (Lipinski definition) is 3. The fourth-order valence-electron chi connectivity index (χ4n) is 1.62. The van der Waals surface area contributed by atoms with E-state index < -0.39 is 5.97 Å². The standard InChI is InChI=1S/C8H16N2O2/c9-7-5-6(3-4-10-7)1-2-8(11)12/h6-7,10H,1-5,9H2,(H,11,12). The van der Waals surface area contributed by atoms with Gasteiger partial charge in [0.15, 0.2) is 0 Å². The number of nitrogens with two attached hydrogens (primary N) is 1. The Balaban J connectivity index is 2.18. The van der Waals surface area contributed by atoms with Crippen molar-refractivity contribution in [3.05, 3.63) is 0 Å². The van der Waals surface area contributed by atoms with Crippen LogP contribution in [0.2, 0.25) is 0 Å². The van der Waals surface area contributed by atoms with E-state index in [4.69, 9.17) is 10.8 Å². The van der Waals surface area contributed by atoms with E-state index in [1.165, 1.54) is 0 Å². The first-order valence-corrected chi connectivity index (χ1v) is 4.39. The van der Waals surface area contributed by atoms with E-state index in [1.807, 2.05) is 0 Å². The maximum Gasteiger partial charge on any atom is 0.303 e. The maximum atomic E-state index is 10.3. The summed E-state index contributed by atoms with van der Waals surface area (Å²) in [6.07, 6.45) is 3.08. The van der Waals surface area contributed by atoms with E-state index >= 15 is 0 Å². The second kappa shape index (κ2) is 4.42. The quantitative estimate of drug-likeness (QED) is 0.566. The number of rotatable bonds is 3. The first kappa shape index (κ1) is 9.48. The Kier molecular flexibility index (Phi) is 3.49. The Morgan fingerprint density at radius 1 is 1.67 bits per heavy atom. The lowest BCUT2D eigenvalue weighted by atomic mass is 9.92. The summed E-state index contributed by atoms with van der Waals surface area (Å²) in [6.45, 7) is 0.922. The Hall–Kier alpha value is -0.610. The topological polar surface area (TPSA) is 75.4 Å². The van der Waals surface area contributed by atoms with Crippen LogP contribution in [-0.4, -0.2) is 23.8 Å². The molecule has 0 aliphatic carbocycles. The molecular formula is C8H16N2O2. The second-order valence-corrected chi connectivity index (χ2v) is 3.38. The first-order valence-electron chi connectivity index (χ1n) is 4.39. The second-order valence-electron chi connectivity index (χ2n) is 3.38. The zero-order valence-electron chi connectivity index (χ0n) is 7.12. The SMILES string of the molecule is NC1CC(CCC(=O)O)CCN1. The van der Waals surface area contributed by atoms with Gasteiger partial charge in [-0.1, -0.05) is 0 Å². The molecule has 0 aromatic heterocycles. The number of carbonyl (C=O) groups is 1. The van der Waals surface area contributed by atoms with Gasteiger partial charge >= 0.3 is 5.97 Å². The van der Waals surface area contributed by atoms with E-state index in [1.54, 1.807) is 0 Å². The van der Waals surface area contributed by atoms with E-state index in [0.29, 0.717) is 5.92 Å². The van der Waals surface area contributed by atoms with Crippen LogP contribution in [0, 0.1) is 5.92 Å². The molecule has 2 atom stereocenters. The van der Waals surface area contributed by atoms with Gasteiger partial charge in [0, 0.05) is 6.42 Å². The summed E-state index contributed by atoms with van der Waals surface area (Å²) in [5.74, 6) is -0.209. The summed E-state index contributed by atoms with van der Waals surface area (Å²) >= 11 is 0. The largest absolute Gasteiger partial charge is 0.481 e. The normalized spacial score (nSPS) is 30.1.